The summed E-state index contributed by atoms with van der Waals surface area (Å²) in [7, 11) is 0. The first kappa shape index (κ1) is 22.0. The van der Waals surface area contributed by atoms with E-state index in [4.69, 9.17) is 4.74 Å². The molecule has 4 rings (SSSR count). The van der Waals surface area contributed by atoms with Crippen molar-refractivity contribution < 1.29 is 9.53 Å². The van der Waals surface area contributed by atoms with E-state index < -0.39 is 0 Å². The van der Waals surface area contributed by atoms with Crippen LogP contribution in [0.4, 0.5) is 5.69 Å². The zero-order valence-corrected chi connectivity index (χ0v) is 18.5. The minimum Gasteiger partial charge on any atom is -0.493 e. The smallest absolute Gasteiger partial charge is 0.185 e. The number of ether oxygens (including phenoxy) is 1. The SMILES string of the molecule is O=C(/C=C/c1ccccc1)c1ccc(OCCC[N+]2(c3ccccc3)CCNCC2)cc1. The van der Waals surface area contributed by atoms with Gasteiger partial charge in [0.25, 0.3) is 0 Å². The molecule has 0 amide bonds. The number of hydrogen-bond acceptors (Lipinski definition) is 3. The predicted octanol–water partition coefficient (Wildman–Crippen LogP) is 4.96. The highest BCUT2D eigenvalue weighted by molar-refractivity contribution is 6.06. The van der Waals surface area contributed by atoms with Crippen LogP contribution in [0.25, 0.3) is 6.08 Å². The Morgan fingerprint density at radius 3 is 2.22 bits per heavy atom. The molecule has 1 N–H and O–H groups in total. The van der Waals surface area contributed by atoms with Gasteiger partial charge in [-0.15, -0.1) is 0 Å². The van der Waals surface area contributed by atoms with Crippen molar-refractivity contribution in [2.45, 2.75) is 6.42 Å². The molecule has 1 fully saturated rings. The second-order valence-electron chi connectivity index (χ2n) is 8.24. The summed E-state index contributed by atoms with van der Waals surface area (Å²) in [5.41, 5.74) is 3.07. The highest BCUT2D eigenvalue weighted by Gasteiger charge is 2.31. The fraction of sp³-hybridized carbons (Fsp3) is 0.250. The van der Waals surface area contributed by atoms with Crippen molar-refractivity contribution in [1.82, 2.24) is 9.80 Å². The third-order valence-corrected chi connectivity index (χ3v) is 6.10. The number of hydrogen-bond donors (Lipinski definition) is 1. The van der Waals surface area contributed by atoms with Crippen molar-refractivity contribution >= 4 is 17.5 Å². The second kappa shape index (κ2) is 10.9. The molecule has 1 aliphatic heterocycles. The molecule has 1 saturated heterocycles. The highest BCUT2D eigenvalue weighted by atomic mass is 16.5. The lowest BCUT2D eigenvalue weighted by atomic mass is 10.1. The second-order valence-corrected chi connectivity index (χ2v) is 8.24. The van der Waals surface area contributed by atoms with Crippen LogP contribution in [-0.4, -0.2) is 45.1 Å². The molecule has 4 heteroatoms. The molecule has 0 spiro atoms. The average molecular weight is 428 g/mol. The van der Waals surface area contributed by atoms with Crippen LogP contribution in [0.5, 0.6) is 5.75 Å². The van der Waals surface area contributed by atoms with Gasteiger partial charge in [-0.1, -0.05) is 54.6 Å². The first-order valence-electron chi connectivity index (χ1n) is 11.4. The number of carbonyl (C=O) groups is 1. The van der Waals surface area contributed by atoms with Gasteiger partial charge in [0.15, 0.2) is 5.78 Å². The summed E-state index contributed by atoms with van der Waals surface area (Å²) in [5, 5.41) is 3.48. The number of allylic oxidation sites excluding steroid dienone is 1. The summed E-state index contributed by atoms with van der Waals surface area (Å²) in [6.45, 7) is 6.04. The number of quaternary nitrogens is 1. The Balaban J connectivity index is 1.29. The number of carbonyl (C=O) groups excluding carboxylic acids is 1. The van der Waals surface area contributed by atoms with Crippen LogP contribution < -0.4 is 14.5 Å². The van der Waals surface area contributed by atoms with Crippen LogP contribution in [0.1, 0.15) is 22.3 Å². The predicted molar refractivity (Wildman–Crippen MR) is 132 cm³/mol. The number of nitrogens with zero attached hydrogens (tertiary/aromatic N) is 1. The van der Waals surface area contributed by atoms with Crippen molar-refractivity contribution in [3.8, 4) is 5.75 Å². The van der Waals surface area contributed by atoms with E-state index in [1.165, 1.54) is 5.69 Å². The first-order valence-corrected chi connectivity index (χ1v) is 11.4. The minimum atomic E-state index is -0.00610. The fourth-order valence-corrected chi connectivity index (χ4v) is 4.28. The average Bonchev–Trinajstić information content (AvgIpc) is 2.87. The van der Waals surface area contributed by atoms with Gasteiger partial charge in [0, 0.05) is 25.1 Å². The molecule has 0 unspecified atom stereocenters. The van der Waals surface area contributed by atoms with Gasteiger partial charge >= 0.3 is 0 Å². The Hall–Kier alpha value is -3.21. The summed E-state index contributed by atoms with van der Waals surface area (Å²) in [4.78, 5) is 12.4. The summed E-state index contributed by atoms with van der Waals surface area (Å²) in [5.74, 6) is 0.800. The third kappa shape index (κ3) is 5.72. The molecule has 3 aromatic rings. The molecule has 0 atom stereocenters. The lowest BCUT2D eigenvalue weighted by Gasteiger charge is -2.41. The van der Waals surface area contributed by atoms with E-state index >= 15 is 0 Å². The standard InChI is InChI=1S/C28H31N2O2/c31-28(17-12-24-8-3-1-4-9-24)25-13-15-27(16-14-25)32-23-7-20-30(21-18-29-19-22-30)26-10-5-2-6-11-26/h1-6,8-17,29H,7,18-23H2/q+1/b17-12+. The number of piperazine rings is 1. The van der Waals surface area contributed by atoms with Gasteiger partial charge in [0.05, 0.1) is 26.2 Å². The van der Waals surface area contributed by atoms with Crippen molar-refractivity contribution in [3.63, 3.8) is 0 Å². The molecular weight excluding hydrogens is 396 g/mol. The van der Waals surface area contributed by atoms with E-state index in [0.29, 0.717) is 12.2 Å². The molecule has 0 aromatic heterocycles. The minimum absolute atomic E-state index is 0.00610. The molecule has 0 saturated carbocycles. The molecule has 0 radical (unpaired) electrons. The monoisotopic (exact) mass is 427 g/mol. The van der Waals surface area contributed by atoms with Gasteiger partial charge < -0.3 is 10.1 Å². The maximum Gasteiger partial charge on any atom is 0.185 e. The van der Waals surface area contributed by atoms with E-state index in [1.807, 2.05) is 60.7 Å². The van der Waals surface area contributed by atoms with Crippen LogP contribution in [0, 0.1) is 0 Å². The van der Waals surface area contributed by atoms with Crippen LogP contribution in [0.2, 0.25) is 0 Å². The van der Waals surface area contributed by atoms with E-state index in [-0.39, 0.29) is 5.78 Å². The van der Waals surface area contributed by atoms with Crippen molar-refractivity contribution in [3.05, 3.63) is 102 Å². The molecule has 164 valence electrons. The topological polar surface area (TPSA) is 38.3 Å². The van der Waals surface area contributed by atoms with Crippen LogP contribution in [-0.2, 0) is 0 Å². The van der Waals surface area contributed by atoms with Crippen molar-refractivity contribution in [2.24, 2.45) is 0 Å². The highest BCUT2D eigenvalue weighted by Crippen LogP contribution is 2.24. The summed E-state index contributed by atoms with van der Waals surface area (Å²) >= 11 is 0. The van der Waals surface area contributed by atoms with Crippen LogP contribution in [0.3, 0.4) is 0 Å². The van der Waals surface area contributed by atoms with Gasteiger partial charge in [-0.25, -0.2) is 0 Å². The first-order chi connectivity index (χ1) is 15.8. The quantitative estimate of drug-likeness (QED) is 0.227. The number of ketones is 1. The Morgan fingerprint density at radius 2 is 1.53 bits per heavy atom. The maximum absolute atomic E-state index is 12.4. The number of nitrogens with one attached hydrogen (secondary N) is 1. The van der Waals surface area contributed by atoms with E-state index in [0.717, 1.165) is 54.9 Å². The largest absolute Gasteiger partial charge is 0.493 e. The van der Waals surface area contributed by atoms with Crippen LogP contribution >= 0.6 is 0 Å². The van der Waals surface area contributed by atoms with E-state index in [9.17, 15) is 4.79 Å². The number of para-hydroxylation sites is 1. The lowest BCUT2D eigenvalue weighted by molar-refractivity contribution is 0.104. The van der Waals surface area contributed by atoms with E-state index in [2.05, 4.69) is 35.6 Å². The lowest BCUT2D eigenvalue weighted by Crippen LogP contribution is -2.60. The van der Waals surface area contributed by atoms with Gasteiger partial charge in [-0.3, -0.25) is 9.28 Å². The maximum atomic E-state index is 12.4. The molecule has 3 aromatic carbocycles. The number of rotatable bonds is 9. The fourth-order valence-electron chi connectivity index (χ4n) is 4.28. The van der Waals surface area contributed by atoms with Gasteiger partial charge in [0.2, 0.25) is 0 Å². The molecule has 0 bridgehead atoms. The van der Waals surface area contributed by atoms with E-state index in [1.54, 1.807) is 6.08 Å². The van der Waals surface area contributed by atoms with Gasteiger partial charge in [0.1, 0.15) is 11.4 Å². The molecule has 1 heterocycles. The third-order valence-electron chi connectivity index (χ3n) is 6.10. The number of benzene rings is 3. The van der Waals surface area contributed by atoms with Crippen LogP contribution in [0.15, 0.2) is 91.0 Å². The van der Waals surface area contributed by atoms with Crippen molar-refractivity contribution in [2.75, 3.05) is 39.3 Å². The normalized spacial score (nSPS) is 15.5. The molecular formula is C28H31N2O2+. The Kier molecular flexibility index (Phi) is 7.49. The van der Waals surface area contributed by atoms with Gasteiger partial charge in [-0.2, -0.15) is 0 Å². The Labute approximate surface area is 190 Å². The Bertz CT molecular complexity index is 1010. The zero-order chi connectivity index (χ0) is 22.1. The zero-order valence-electron chi connectivity index (χ0n) is 18.5. The summed E-state index contributed by atoms with van der Waals surface area (Å²) < 4.78 is 7.00. The van der Waals surface area contributed by atoms with Gasteiger partial charge in [-0.05, 0) is 48.0 Å². The molecule has 1 aliphatic rings. The Morgan fingerprint density at radius 1 is 0.875 bits per heavy atom. The molecule has 4 nitrogen and oxygen atoms in total. The summed E-state index contributed by atoms with van der Waals surface area (Å²) in [6, 6.07) is 28.1. The molecule has 32 heavy (non-hydrogen) atoms. The van der Waals surface area contributed by atoms with Crippen molar-refractivity contribution in [1.29, 1.82) is 0 Å². The molecule has 0 aliphatic carbocycles. The summed E-state index contributed by atoms with van der Waals surface area (Å²) in [6.07, 6.45) is 4.44.